The molecule has 3 aromatic rings. The average molecular weight is 375 g/mol. The SMILES string of the molecule is COC(=O)c1cccc(NC(=O)c2ccccc2)c1OC(=O)c1ccccc1. The summed E-state index contributed by atoms with van der Waals surface area (Å²) in [4.78, 5) is 37.1. The van der Waals surface area contributed by atoms with Gasteiger partial charge in [0.25, 0.3) is 5.91 Å². The molecule has 1 amide bonds. The number of hydrogen-bond acceptors (Lipinski definition) is 5. The number of hydrogen-bond donors (Lipinski definition) is 1. The van der Waals surface area contributed by atoms with Crippen LogP contribution >= 0.6 is 0 Å². The number of amides is 1. The fraction of sp³-hybridized carbons (Fsp3) is 0.0455. The van der Waals surface area contributed by atoms with Gasteiger partial charge in [0.2, 0.25) is 0 Å². The number of rotatable bonds is 5. The number of nitrogens with one attached hydrogen (secondary N) is 1. The summed E-state index contributed by atoms with van der Waals surface area (Å²) in [5.41, 5.74) is 0.937. The van der Waals surface area contributed by atoms with E-state index in [0.29, 0.717) is 11.1 Å². The van der Waals surface area contributed by atoms with Gasteiger partial charge >= 0.3 is 11.9 Å². The summed E-state index contributed by atoms with van der Waals surface area (Å²) >= 11 is 0. The van der Waals surface area contributed by atoms with Gasteiger partial charge in [-0.25, -0.2) is 9.59 Å². The highest BCUT2D eigenvalue weighted by Crippen LogP contribution is 2.31. The fourth-order valence-corrected chi connectivity index (χ4v) is 2.53. The van der Waals surface area contributed by atoms with E-state index >= 15 is 0 Å². The van der Waals surface area contributed by atoms with Crippen LogP contribution in [0.1, 0.15) is 31.1 Å². The van der Waals surface area contributed by atoms with Gasteiger partial charge in [-0.2, -0.15) is 0 Å². The van der Waals surface area contributed by atoms with Crippen LogP contribution in [0.15, 0.2) is 78.9 Å². The lowest BCUT2D eigenvalue weighted by atomic mass is 10.1. The van der Waals surface area contributed by atoms with Crippen molar-refractivity contribution in [2.24, 2.45) is 0 Å². The van der Waals surface area contributed by atoms with Gasteiger partial charge in [0.15, 0.2) is 5.75 Å². The Bertz CT molecular complexity index is 1000. The van der Waals surface area contributed by atoms with Crippen molar-refractivity contribution in [2.45, 2.75) is 0 Å². The molecule has 0 radical (unpaired) electrons. The highest BCUT2D eigenvalue weighted by atomic mass is 16.5. The molecule has 6 heteroatoms. The maximum atomic E-state index is 12.5. The van der Waals surface area contributed by atoms with Crippen molar-refractivity contribution in [3.63, 3.8) is 0 Å². The Kier molecular flexibility index (Phi) is 5.81. The van der Waals surface area contributed by atoms with Gasteiger partial charge in [-0.3, -0.25) is 4.79 Å². The molecule has 6 nitrogen and oxygen atoms in total. The number of benzene rings is 3. The van der Waals surface area contributed by atoms with Crippen LogP contribution in [0.2, 0.25) is 0 Å². The number of methoxy groups -OCH3 is 1. The number of para-hydroxylation sites is 1. The van der Waals surface area contributed by atoms with Crippen LogP contribution in [0, 0.1) is 0 Å². The zero-order valence-electron chi connectivity index (χ0n) is 15.0. The van der Waals surface area contributed by atoms with Crippen molar-refractivity contribution in [3.8, 4) is 5.75 Å². The van der Waals surface area contributed by atoms with E-state index in [-0.39, 0.29) is 17.0 Å². The predicted octanol–water partition coefficient (Wildman–Crippen LogP) is 3.94. The fourth-order valence-electron chi connectivity index (χ4n) is 2.53. The van der Waals surface area contributed by atoms with Crippen LogP contribution < -0.4 is 10.1 Å². The predicted molar refractivity (Wildman–Crippen MR) is 104 cm³/mol. The molecule has 0 aliphatic rings. The molecule has 0 atom stereocenters. The second-order valence-corrected chi connectivity index (χ2v) is 5.75. The smallest absolute Gasteiger partial charge is 0.343 e. The Labute approximate surface area is 161 Å². The standard InChI is InChI=1S/C22H17NO5/c1-27-22(26)17-13-8-14-18(23-20(24)15-9-4-2-5-10-15)19(17)28-21(25)16-11-6-3-7-12-16/h2-14H,1H3,(H,23,24). The Hall–Kier alpha value is -3.93. The third kappa shape index (κ3) is 4.24. The maximum absolute atomic E-state index is 12.5. The summed E-state index contributed by atoms with van der Waals surface area (Å²) in [6.07, 6.45) is 0. The van der Waals surface area contributed by atoms with Crippen molar-refractivity contribution in [2.75, 3.05) is 12.4 Å². The summed E-state index contributed by atoms with van der Waals surface area (Å²) in [6, 6.07) is 21.5. The molecule has 0 aliphatic heterocycles. The molecule has 0 bridgehead atoms. The topological polar surface area (TPSA) is 81.7 Å². The quantitative estimate of drug-likeness (QED) is 0.539. The summed E-state index contributed by atoms with van der Waals surface area (Å²) in [6.45, 7) is 0. The van der Waals surface area contributed by atoms with E-state index in [1.54, 1.807) is 72.8 Å². The van der Waals surface area contributed by atoms with E-state index in [0.717, 1.165) is 0 Å². The molecule has 0 spiro atoms. The van der Waals surface area contributed by atoms with E-state index in [2.05, 4.69) is 5.32 Å². The molecule has 0 heterocycles. The average Bonchev–Trinajstić information content (AvgIpc) is 2.75. The first kappa shape index (κ1) is 18.8. The molecular formula is C22H17NO5. The highest BCUT2D eigenvalue weighted by molar-refractivity contribution is 6.07. The van der Waals surface area contributed by atoms with Gasteiger partial charge in [0.05, 0.1) is 18.4 Å². The molecule has 3 rings (SSSR count). The molecule has 0 aliphatic carbocycles. The van der Waals surface area contributed by atoms with Gasteiger partial charge in [-0.1, -0.05) is 42.5 Å². The van der Waals surface area contributed by atoms with Gasteiger partial charge in [0.1, 0.15) is 5.56 Å². The largest absolute Gasteiger partial charge is 0.465 e. The first-order valence-electron chi connectivity index (χ1n) is 8.45. The molecule has 0 unspecified atom stereocenters. The van der Waals surface area contributed by atoms with E-state index in [9.17, 15) is 14.4 Å². The maximum Gasteiger partial charge on any atom is 0.343 e. The van der Waals surface area contributed by atoms with Crippen LogP contribution in [0.5, 0.6) is 5.75 Å². The molecule has 0 aromatic heterocycles. The zero-order chi connectivity index (χ0) is 19.9. The van der Waals surface area contributed by atoms with Crippen LogP contribution in [0.25, 0.3) is 0 Å². The van der Waals surface area contributed by atoms with Crippen molar-refractivity contribution in [3.05, 3.63) is 95.6 Å². The Morgan fingerprint density at radius 1 is 0.714 bits per heavy atom. The van der Waals surface area contributed by atoms with E-state index in [1.807, 2.05) is 0 Å². The summed E-state index contributed by atoms with van der Waals surface area (Å²) in [5, 5.41) is 2.68. The Morgan fingerprint density at radius 2 is 1.32 bits per heavy atom. The lowest BCUT2D eigenvalue weighted by molar-refractivity contribution is 0.0592. The lowest BCUT2D eigenvalue weighted by Gasteiger charge is -2.14. The van der Waals surface area contributed by atoms with E-state index in [1.165, 1.54) is 13.2 Å². The van der Waals surface area contributed by atoms with Gasteiger partial charge < -0.3 is 14.8 Å². The lowest BCUT2D eigenvalue weighted by Crippen LogP contribution is -2.17. The van der Waals surface area contributed by atoms with Gasteiger partial charge in [-0.05, 0) is 36.4 Å². The molecule has 3 aromatic carbocycles. The molecule has 0 fully saturated rings. The molecule has 0 saturated carbocycles. The van der Waals surface area contributed by atoms with Crippen LogP contribution in [-0.4, -0.2) is 25.0 Å². The minimum Gasteiger partial charge on any atom is -0.465 e. The van der Waals surface area contributed by atoms with Gasteiger partial charge in [-0.15, -0.1) is 0 Å². The Balaban J connectivity index is 1.96. The monoisotopic (exact) mass is 375 g/mol. The molecule has 1 N–H and O–H groups in total. The summed E-state index contributed by atoms with van der Waals surface area (Å²) < 4.78 is 10.2. The normalized spacial score (nSPS) is 10.0. The minimum atomic E-state index is -0.688. The second-order valence-electron chi connectivity index (χ2n) is 5.75. The first-order chi connectivity index (χ1) is 13.6. The van der Waals surface area contributed by atoms with Crippen LogP contribution in [-0.2, 0) is 4.74 Å². The van der Waals surface area contributed by atoms with Crippen molar-refractivity contribution in [1.82, 2.24) is 0 Å². The number of carbonyl (C=O) groups is 3. The van der Waals surface area contributed by atoms with Crippen molar-refractivity contribution in [1.29, 1.82) is 0 Å². The number of anilines is 1. The zero-order valence-corrected chi connectivity index (χ0v) is 15.0. The number of esters is 2. The first-order valence-corrected chi connectivity index (χ1v) is 8.45. The molecule has 140 valence electrons. The van der Waals surface area contributed by atoms with Crippen molar-refractivity contribution < 1.29 is 23.9 Å². The molecule has 28 heavy (non-hydrogen) atoms. The van der Waals surface area contributed by atoms with Crippen LogP contribution in [0.3, 0.4) is 0 Å². The Morgan fingerprint density at radius 3 is 1.93 bits per heavy atom. The van der Waals surface area contributed by atoms with Gasteiger partial charge in [0, 0.05) is 5.56 Å². The highest BCUT2D eigenvalue weighted by Gasteiger charge is 2.22. The van der Waals surface area contributed by atoms with Crippen LogP contribution in [0.4, 0.5) is 5.69 Å². The van der Waals surface area contributed by atoms with E-state index in [4.69, 9.17) is 9.47 Å². The third-order valence-electron chi connectivity index (χ3n) is 3.91. The number of ether oxygens (including phenoxy) is 2. The second kappa shape index (κ2) is 8.64. The summed E-state index contributed by atoms with van der Waals surface area (Å²) in [7, 11) is 1.22. The summed E-state index contributed by atoms with van der Waals surface area (Å²) in [5.74, 6) is -1.83. The minimum absolute atomic E-state index is 0.0256. The van der Waals surface area contributed by atoms with Crippen molar-refractivity contribution >= 4 is 23.5 Å². The molecular weight excluding hydrogens is 358 g/mol. The molecule has 0 saturated heterocycles. The number of carbonyl (C=O) groups excluding carboxylic acids is 3. The van der Waals surface area contributed by atoms with E-state index < -0.39 is 17.8 Å². The third-order valence-corrected chi connectivity index (χ3v) is 3.91.